The van der Waals surface area contributed by atoms with Crippen LogP contribution < -0.4 is 0 Å². The monoisotopic (exact) mass is 326 g/mol. The van der Waals surface area contributed by atoms with Crippen LogP contribution in [-0.4, -0.2) is 39.0 Å². The van der Waals surface area contributed by atoms with Gasteiger partial charge >= 0.3 is 6.18 Å². The maximum absolute atomic E-state index is 13.0. The molecule has 1 fully saturated rings. The molecule has 6 nitrogen and oxygen atoms in total. The summed E-state index contributed by atoms with van der Waals surface area (Å²) in [5.41, 5.74) is -1.61. The van der Waals surface area contributed by atoms with Crippen molar-refractivity contribution in [2.45, 2.75) is 25.4 Å². The van der Waals surface area contributed by atoms with Gasteiger partial charge in [0.2, 0.25) is 5.89 Å². The third-order valence-corrected chi connectivity index (χ3v) is 3.67. The van der Waals surface area contributed by atoms with Gasteiger partial charge in [-0.1, -0.05) is 5.16 Å². The first-order chi connectivity index (χ1) is 10.9. The molecule has 2 aromatic rings. The number of rotatable bonds is 2. The summed E-state index contributed by atoms with van der Waals surface area (Å²) in [5, 5.41) is 3.69. The van der Waals surface area contributed by atoms with Gasteiger partial charge in [-0.2, -0.15) is 18.2 Å². The number of pyridine rings is 1. The van der Waals surface area contributed by atoms with Gasteiger partial charge in [0.25, 0.3) is 5.91 Å². The molecule has 1 atom stereocenters. The lowest BCUT2D eigenvalue weighted by atomic mass is 10.1. The molecule has 23 heavy (non-hydrogen) atoms. The highest BCUT2D eigenvalue weighted by molar-refractivity contribution is 5.95. The van der Waals surface area contributed by atoms with Crippen LogP contribution in [0.25, 0.3) is 0 Å². The predicted octanol–water partition coefficient (Wildman–Crippen LogP) is 2.42. The van der Waals surface area contributed by atoms with Crippen molar-refractivity contribution in [3.05, 3.63) is 41.3 Å². The Bertz CT molecular complexity index is 729. The summed E-state index contributed by atoms with van der Waals surface area (Å²) < 4.78 is 44.0. The fraction of sp³-hybridized carbons (Fsp3) is 0.429. The van der Waals surface area contributed by atoms with Crippen molar-refractivity contribution in [3.8, 4) is 0 Å². The van der Waals surface area contributed by atoms with Crippen LogP contribution in [0.2, 0.25) is 0 Å². The van der Waals surface area contributed by atoms with Crippen molar-refractivity contribution < 1.29 is 22.5 Å². The van der Waals surface area contributed by atoms with Crippen LogP contribution in [0.3, 0.4) is 0 Å². The van der Waals surface area contributed by atoms with E-state index in [9.17, 15) is 18.0 Å². The van der Waals surface area contributed by atoms with E-state index in [-0.39, 0.29) is 12.5 Å². The van der Waals surface area contributed by atoms with E-state index in [0.717, 1.165) is 12.3 Å². The van der Waals surface area contributed by atoms with Crippen molar-refractivity contribution in [1.29, 1.82) is 0 Å². The molecule has 1 aliphatic heterocycles. The molecular weight excluding hydrogens is 313 g/mol. The summed E-state index contributed by atoms with van der Waals surface area (Å²) >= 11 is 0. The number of alkyl halides is 3. The predicted molar refractivity (Wildman–Crippen MR) is 71.5 cm³/mol. The molecule has 1 aliphatic rings. The summed E-state index contributed by atoms with van der Waals surface area (Å²) in [5.74, 6) is 0.0340. The molecule has 0 N–H and O–H groups in total. The van der Waals surface area contributed by atoms with Gasteiger partial charge in [-0.15, -0.1) is 0 Å². The van der Waals surface area contributed by atoms with Crippen LogP contribution in [-0.2, 0) is 6.18 Å². The number of likely N-dealkylation sites (tertiary alicyclic amines) is 1. The van der Waals surface area contributed by atoms with Crippen molar-refractivity contribution in [3.63, 3.8) is 0 Å². The average molecular weight is 326 g/mol. The highest BCUT2D eigenvalue weighted by Gasteiger charge is 2.39. The van der Waals surface area contributed by atoms with Crippen LogP contribution in [0, 0.1) is 6.92 Å². The van der Waals surface area contributed by atoms with Gasteiger partial charge in [-0.25, -0.2) is 0 Å². The van der Waals surface area contributed by atoms with Crippen molar-refractivity contribution >= 4 is 5.91 Å². The Hall–Kier alpha value is -2.45. The molecular formula is C14H13F3N4O2. The van der Waals surface area contributed by atoms with E-state index in [1.807, 2.05) is 0 Å². The lowest BCUT2D eigenvalue weighted by Gasteiger charge is -2.18. The number of amides is 1. The molecule has 1 saturated heterocycles. The summed E-state index contributed by atoms with van der Waals surface area (Å²) in [4.78, 5) is 21.2. The second kappa shape index (κ2) is 5.64. The molecule has 0 spiro atoms. The highest BCUT2D eigenvalue weighted by atomic mass is 19.4. The summed E-state index contributed by atoms with van der Waals surface area (Å²) in [7, 11) is 0. The maximum Gasteiger partial charge on any atom is 0.434 e. The molecule has 0 radical (unpaired) electrons. The van der Waals surface area contributed by atoms with Gasteiger partial charge in [0.1, 0.15) is 0 Å². The Morgan fingerprint density at radius 1 is 1.43 bits per heavy atom. The number of carbonyl (C=O) groups is 1. The normalized spacial score (nSPS) is 18.4. The molecule has 9 heteroatoms. The Morgan fingerprint density at radius 2 is 2.22 bits per heavy atom. The molecule has 3 rings (SSSR count). The smallest absolute Gasteiger partial charge is 0.339 e. The standard InChI is InChI=1S/C14H13F3N4O2/c1-8-19-12(23-20-8)9-4-6-21(7-9)13(22)10-3-2-5-18-11(10)14(15,16)17/h2-3,5,9H,4,6-7H2,1H3. The number of carbonyl (C=O) groups excluding carboxylic acids is 1. The largest absolute Gasteiger partial charge is 0.434 e. The van der Waals surface area contributed by atoms with Crippen molar-refractivity contribution in [2.75, 3.05) is 13.1 Å². The van der Waals surface area contributed by atoms with Gasteiger partial charge in [-0.05, 0) is 25.5 Å². The first-order valence-corrected chi connectivity index (χ1v) is 6.98. The van der Waals surface area contributed by atoms with E-state index in [1.54, 1.807) is 6.92 Å². The molecule has 2 aromatic heterocycles. The fourth-order valence-electron chi connectivity index (χ4n) is 2.60. The minimum absolute atomic E-state index is 0.161. The lowest BCUT2D eigenvalue weighted by molar-refractivity contribution is -0.141. The summed E-state index contributed by atoms with van der Waals surface area (Å²) in [6.07, 6.45) is -3.09. The average Bonchev–Trinajstić information content (AvgIpc) is 3.14. The van der Waals surface area contributed by atoms with Gasteiger partial charge in [-0.3, -0.25) is 9.78 Å². The number of hydrogen-bond acceptors (Lipinski definition) is 5. The number of halogens is 3. The zero-order chi connectivity index (χ0) is 16.6. The van der Waals surface area contributed by atoms with Crippen LogP contribution in [0.5, 0.6) is 0 Å². The summed E-state index contributed by atoms with van der Waals surface area (Å²) in [6, 6.07) is 2.46. The van der Waals surface area contributed by atoms with Crippen LogP contribution in [0.15, 0.2) is 22.9 Å². The Labute approximate surface area is 129 Å². The lowest BCUT2D eigenvalue weighted by Crippen LogP contribution is -2.30. The van der Waals surface area contributed by atoms with Crippen LogP contribution in [0.4, 0.5) is 13.2 Å². The summed E-state index contributed by atoms with van der Waals surface area (Å²) in [6.45, 7) is 2.25. The molecule has 3 heterocycles. The topological polar surface area (TPSA) is 72.1 Å². The zero-order valence-corrected chi connectivity index (χ0v) is 12.2. The minimum atomic E-state index is -4.67. The first kappa shape index (κ1) is 15.4. The molecule has 0 bridgehead atoms. The van der Waals surface area contributed by atoms with Crippen molar-refractivity contribution in [2.24, 2.45) is 0 Å². The molecule has 0 aromatic carbocycles. The SMILES string of the molecule is Cc1noc(C2CCN(C(=O)c3cccnc3C(F)(F)F)C2)n1. The first-order valence-electron chi connectivity index (χ1n) is 6.98. The quantitative estimate of drug-likeness (QED) is 0.847. The number of aromatic nitrogens is 3. The second-order valence-corrected chi connectivity index (χ2v) is 5.31. The Balaban J connectivity index is 1.80. The van der Waals surface area contributed by atoms with E-state index in [4.69, 9.17) is 4.52 Å². The highest BCUT2D eigenvalue weighted by Crippen LogP contribution is 2.32. The minimum Gasteiger partial charge on any atom is -0.339 e. The molecule has 1 amide bonds. The second-order valence-electron chi connectivity index (χ2n) is 5.31. The van der Waals surface area contributed by atoms with Crippen LogP contribution >= 0.6 is 0 Å². The van der Waals surface area contributed by atoms with Crippen molar-refractivity contribution in [1.82, 2.24) is 20.0 Å². The third kappa shape index (κ3) is 3.03. The maximum atomic E-state index is 13.0. The number of nitrogens with zero attached hydrogens (tertiary/aromatic N) is 4. The van der Waals surface area contributed by atoms with E-state index in [1.165, 1.54) is 11.0 Å². The van der Waals surface area contributed by atoms with Gasteiger partial charge in [0, 0.05) is 19.3 Å². The Morgan fingerprint density at radius 3 is 2.87 bits per heavy atom. The molecule has 0 aliphatic carbocycles. The van der Waals surface area contributed by atoms with Gasteiger partial charge in [0.15, 0.2) is 11.5 Å². The van der Waals surface area contributed by atoms with Gasteiger partial charge in [0.05, 0.1) is 11.5 Å². The number of aryl methyl sites for hydroxylation is 1. The molecule has 122 valence electrons. The van der Waals surface area contributed by atoms with E-state index < -0.39 is 23.3 Å². The van der Waals surface area contributed by atoms with Gasteiger partial charge < -0.3 is 9.42 Å². The molecule has 1 unspecified atom stereocenters. The third-order valence-electron chi connectivity index (χ3n) is 3.67. The van der Waals surface area contributed by atoms with Crippen LogP contribution in [0.1, 0.15) is 40.1 Å². The van der Waals surface area contributed by atoms with E-state index in [2.05, 4.69) is 15.1 Å². The Kier molecular flexibility index (Phi) is 3.78. The number of hydrogen-bond donors (Lipinski definition) is 0. The van der Waals surface area contributed by atoms with E-state index >= 15 is 0 Å². The zero-order valence-electron chi connectivity index (χ0n) is 12.2. The molecule has 0 saturated carbocycles. The van der Waals surface area contributed by atoms with E-state index in [0.29, 0.717) is 24.7 Å². The fourth-order valence-corrected chi connectivity index (χ4v) is 2.60.